The van der Waals surface area contributed by atoms with E-state index in [1.54, 1.807) is 24.3 Å². The zero-order valence-corrected chi connectivity index (χ0v) is 14.7. The third-order valence-electron chi connectivity index (χ3n) is 3.24. The van der Waals surface area contributed by atoms with Gasteiger partial charge in [-0.3, -0.25) is 0 Å². The van der Waals surface area contributed by atoms with Gasteiger partial charge in [0.1, 0.15) is 17.6 Å². The van der Waals surface area contributed by atoms with E-state index in [0.717, 1.165) is 0 Å². The SMILES string of the molecule is CC(C)(C)CNC(=O)OC(C#N)c1cccc(Oc2ccccc2)c1. The number of nitrogens with zero attached hydrogens (tertiary/aromatic N) is 1. The highest BCUT2D eigenvalue weighted by Gasteiger charge is 2.18. The lowest BCUT2D eigenvalue weighted by Crippen LogP contribution is -2.33. The number of hydrogen-bond donors (Lipinski definition) is 1. The topological polar surface area (TPSA) is 71.3 Å². The summed E-state index contributed by atoms with van der Waals surface area (Å²) in [5.41, 5.74) is 0.492. The lowest BCUT2D eigenvalue weighted by molar-refractivity contribution is 0.119. The molecule has 2 aromatic rings. The third kappa shape index (κ3) is 6.19. The van der Waals surface area contributed by atoms with Crippen molar-refractivity contribution < 1.29 is 14.3 Å². The van der Waals surface area contributed by atoms with Crippen LogP contribution in [0.4, 0.5) is 4.79 Å². The van der Waals surface area contributed by atoms with Gasteiger partial charge in [-0.15, -0.1) is 0 Å². The standard InChI is InChI=1S/C20H22N2O3/c1-20(2,3)14-22-19(23)25-18(13-21)15-8-7-11-17(12-15)24-16-9-5-4-6-10-16/h4-12,18H,14H2,1-3H3,(H,22,23). The molecule has 1 unspecified atom stereocenters. The zero-order chi connectivity index (χ0) is 18.3. The fourth-order valence-electron chi connectivity index (χ4n) is 2.02. The van der Waals surface area contributed by atoms with Gasteiger partial charge in [0.05, 0.1) is 0 Å². The van der Waals surface area contributed by atoms with Gasteiger partial charge in [0.15, 0.2) is 0 Å². The van der Waals surface area contributed by atoms with Crippen LogP contribution in [0.2, 0.25) is 0 Å². The zero-order valence-electron chi connectivity index (χ0n) is 14.7. The molecule has 2 rings (SSSR count). The molecule has 0 bridgehead atoms. The lowest BCUT2D eigenvalue weighted by Gasteiger charge is -2.19. The molecule has 2 aromatic carbocycles. The minimum absolute atomic E-state index is 0.0649. The molecule has 0 saturated heterocycles. The summed E-state index contributed by atoms with van der Waals surface area (Å²) in [6, 6.07) is 18.3. The van der Waals surface area contributed by atoms with Crippen LogP contribution in [-0.2, 0) is 4.74 Å². The quantitative estimate of drug-likeness (QED) is 0.848. The number of alkyl carbamates (subject to hydrolysis) is 1. The second-order valence-corrected chi connectivity index (χ2v) is 6.82. The van der Waals surface area contributed by atoms with Crippen molar-refractivity contribution >= 4 is 6.09 Å². The summed E-state index contributed by atoms with van der Waals surface area (Å²) in [6.07, 6.45) is -1.62. The molecule has 0 aromatic heterocycles. The van der Waals surface area contributed by atoms with Crippen molar-refractivity contribution in [1.82, 2.24) is 5.32 Å². The van der Waals surface area contributed by atoms with Gasteiger partial charge in [-0.2, -0.15) is 5.26 Å². The van der Waals surface area contributed by atoms with E-state index in [1.807, 2.05) is 57.2 Å². The number of benzene rings is 2. The normalized spacial score (nSPS) is 11.9. The highest BCUT2D eigenvalue weighted by atomic mass is 16.6. The predicted molar refractivity (Wildman–Crippen MR) is 95.3 cm³/mol. The lowest BCUT2D eigenvalue weighted by atomic mass is 9.97. The summed E-state index contributed by atoms with van der Waals surface area (Å²) in [5, 5.41) is 12.0. The number of ether oxygens (including phenoxy) is 2. The molecule has 0 aliphatic rings. The minimum atomic E-state index is -1.00. The van der Waals surface area contributed by atoms with Crippen LogP contribution in [-0.4, -0.2) is 12.6 Å². The van der Waals surface area contributed by atoms with E-state index in [9.17, 15) is 10.1 Å². The van der Waals surface area contributed by atoms with E-state index in [4.69, 9.17) is 9.47 Å². The Morgan fingerprint density at radius 3 is 2.44 bits per heavy atom. The Morgan fingerprint density at radius 2 is 1.80 bits per heavy atom. The van der Waals surface area contributed by atoms with Crippen LogP contribution in [0.3, 0.4) is 0 Å². The first-order valence-corrected chi connectivity index (χ1v) is 8.04. The molecule has 0 fully saturated rings. The molecule has 5 heteroatoms. The number of rotatable bonds is 5. The fraction of sp³-hybridized carbons (Fsp3) is 0.300. The second-order valence-electron chi connectivity index (χ2n) is 6.82. The monoisotopic (exact) mass is 338 g/mol. The van der Waals surface area contributed by atoms with Gasteiger partial charge < -0.3 is 14.8 Å². The van der Waals surface area contributed by atoms with Gasteiger partial charge in [0, 0.05) is 12.1 Å². The number of para-hydroxylation sites is 1. The van der Waals surface area contributed by atoms with E-state index in [-0.39, 0.29) is 5.41 Å². The first kappa shape index (κ1) is 18.3. The summed E-state index contributed by atoms with van der Waals surface area (Å²) >= 11 is 0. The van der Waals surface area contributed by atoms with E-state index < -0.39 is 12.2 Å². The predicted octanol–water partition coefficient (Wildman–Crippen LogP) is 4.82. The van der Waals surface area contributed by atoms with Crippen molar-refractivity contribution in [3.05, 3.63) is 60.2 Å². The smallest absolute Gasteiger partial charge is 0.408 e. The van der Waals surface area contributed by atoms with Gasteiger partial charge in [0.25, 0.3) is 0 Å². The van der Waals surface area contributed by atoms with Crippen LogP contribution in [0.1, 0.15) is 32.4 Å². The number of carbonyl (C=O) groups excluding carboxylic acids is 1. The number of nitriles is 1. The molecular formula is C20H22N2O3. The molecule has 0 aliphatic carbocycles. The first-order chi connectivity index (χ1) is 11.9. The Morgan fingerprint density at radius 1 is 1.12 bits per heavy atom. The van der Waals surface area contributed by atoms with Crippen molar-refractivity contribution in [3.8, 4) is 17.6 Å². The van der Waals surface area contributed by atoms with Crippen LogP contribution in [0, 0.1) is 16.7 Å². The molecule has 1 atom stereocenters. The molecule has 130 valence electrons. The number of hydrogen-bond acceptors (Lipinski definition) is 4. The molecule has 0 saturated carbocycles. The van der Waals surface area contributed by atoms with Gasteiger partial charge in [-0.05, 0) is 29.7 Å². The molecule has 0 radical (unpaired) electrons. The summed E-state index contributed by atoms with van der Waals surface area (Å²) in [4.78, 5) is 11.9. The van der Waals surface area contributed by atoms with Gasteiger partial charge in [0.2, 0.25) is 6.10 Å². The number of nitrogens with one attached hydrogen (secondary N) is 1. The maximum atomic E-state index is 11.9. The average Bonchev–Trinajstić information content (AvgIpc) is 2.58. The Kier molecular flexibility index (Phi) is 6.02. The molecule has 1 N–H and O–H groups in total. The van der Waals surface area contributed by atoms with E-state index in [1.165, 1.54) is 0 Å². The average molecular weight is 338 g/mol. The molecular weight excluding hydrogens is 316 g/mol. The molecule has 0 heterocycles. The molecule has 5 nitrogen and oxygen atoms in total. The highest BCUT2D eigenvalue weighted by Crippen LogP contribution is 2.26. The van der Waals surface area contributed by atoms with Gasteiger partial charge in [-0.1, -0.05) is 51.1 Å². The molecule has 0 spiro atoms. The molecule has 25 heavy (non-hydrogen) atoms. The fourth-order valence-corrected chi connectivity index (χ4v) is 2.02. The van der Waals surface area contributed by atoms with E-state index >= 15 is 0 Å². The third-order valence-corrected chi connectivity index (χ3v) is 3.24. The summed E-state index contributed by atoms with van der Waals surface area (Å²) in [6.45, 7) is 6.46. The van der Waals surface area contributed by atoms with E-state index in [0.29, 0.717) is 23.6 Å². The largest absolute Gasteiger partial charge is 0.457 e. The summed E-state index contributed by atoms with van der Waals surface area (Å²) in [5.74, 6) is 1.26. The molecule has 0 aliphatic heterocycles. The van der Waals surface area contributed by atoms with E-state index in [2.05, 4.69) is 5.32 Å². The second kappa shape index (κ2) is 8.20. The van der Waals surface area contributed by atoms with Crippen LogP contribution >= 0.6 is 0 Å². The maximum absolute atomic E-state index is 11.9. The van der Waals surface area contributed by atoms with Crippen molar-refractivity contribution in [2.45, 2.75) is 26.9 Å². The van der Waals surface area contributed by atoms with Crippen molar-refractivity contribution in [2.75, 3.05) is 6.54 Å². The Labute approximate surface area is 148 Å². The van der Waals surface area contributed by atoms with Crippen molar-refractivity contribution in [2.24, 2.45) is 5.41 Å². The van der Waals surface area contributed by atoms with Crippen LogP contribution in [0.25, 0.3) is 0 Å². The first-order valence-electron chi connectivity index (χ1n) is 8.04. The minimum Gasteiger partial charge on any atom is -0.457 e. The highest BCUT2D eigenvalue weighted by molar-refractivity contribution is 5.68. The van der Waals surface area contributed by atoms with Crippen molar-refractivity contribution in [1.29, 1.82) is 5.26 Å². The Bertz CT molecular complexity index is 746. The van der Waals surface area contributed by atoms with Crippen LogP contribution in [0.15, 0.2) is 54.6 Å². The summed E-state index contributed by atoms with van der Waals surface area (Å²) < 4.78 is 11.0. The van der Waals surface area contributed by atoms with Crippen LogP contribution in [0.5, 0.6) is 11.5 Å². The summed E-state index contributed by atoms with van der Waals surface area (Å²) in [7, 11) is 0. The maximum Gasteiger partial charge on any atom is 0.408 e. The Balaban J connectivity index is 2.04. The molecule has 1 amide bonds. The number of carbonyl (C=O) groups is 1. The number of amides is 1. The van der Waals surface area contributed by atoms with Gasteiger partial charge >= 0.3 is 6.09 Å². The van der Waals surface area contributed by atoms with Crippen molar-refractivity contribution in [3.63, 3.8) is 0 Å². The Hall–Kier alpha value is -3.00. The van der Waals surface area contributed by atoms with Crippen LogP contribution < -0.4 is 10.1 Å². The van der Waals surface area contributed by atoms with Gasteiger partial charge in [-0.25, -0.2) is 4.79 Å².